The molecule has 2 amide bonds. The zero-order valence-electron chi connectivity index (χ0n) is 26.7. The van der Waals surface area contributed by atoms with Crippen LogP contribution in [-0.4, -0.2) is 69.2 Å². The number of hydrogen-bond acceptors (Lipinski definition) is 9. The minimum Gasteiger partial charge on any atom is -0.381 e. The van der Waals surface area contributed by atoms with Crippen molar-refractivity contribution >= 4 is 23.6 Å². The first-order valence-corrected chi connectivity index (χ1v) is 16.4. The highest BCUT2D eigenvalue weighted by molar-refractivity contribution is 5.91. The molecule has 3 aliphatic rings. The Balaban J connectivity index is 1.03. The molecule has 3 aromatic heterocycles. The predicted molar refractivity (Wildman–Crippen MR) is 179 cm³/mol. The highest BCUT2D eigenvalue weighted by Gasteiger charge is 2.42. The lowest BCUT2D eigenvalue weighted by Gasteiger charge is -2.36. The number of amides is 2. The number of nitrogens with zero attached hydrogens (tertiary/aromatic N) is 8. The second kappa shape index (κ2) is 13.4. The van der Waals surface area contributed by atoms with Crippen LogP contribution in [0.15, 0.2) is 67.3 Å². The molecule has 2 aliphatic heterocycles. The quantitative estimate of drug-likeness (QED) is 0.278. The minimum absolute atomic E-state index is 0.0209. The molecule has 1 atom stereocenters. The summed E-state index contributed by atoms with van der Waals surface area (Å²) in [6.07, 6.45) is 12.5. The van der Waals surface area contributed by atoms with E-state index in [4.69, 9.17) is 14.7 Å². The van der Waals surface area contributed by atoms with E-state index in [0.29, 0.717) is 29.7 Å². The van der Waals surface area contributed by atoms with Gasteiger partial charge in [-0.3, -0.25) is 9.58 Å². The summed E-state index contributed by atoms with van der Waals surface area (Å²) < 4.78 is 7.46. The SMILES string of the molecule is Cn1cc(-c2ccc(N(C(=O)NCc3ccccc3)C3CCC(Nc4ncc(C#N)c(N5CCC6(CCOC6)C5)n4)CC3)nc2)cn1. The first kappa shape index (κ1) is 30.6. The second-order valence-electron chi connectivity index (χ2n) is 13.0. The summed E-state index contributed by atoms with van der Waals surface area (Å²) in [6, 6.07) is 16.1. The van der Waals surface area contributed by atoms with Gasteiger partial charge in [0.05, 0.1) is 19.0 Å². The van der Waals surface area contributed by atoms with Crippen LogP contribution in [0.5, 0.6) is 0 Å². The van der Waals surface area contributed by atoms with Gasteiger partial charge in [0.2, 0.25) is 5.95 Å². The maximum atomic E-state index is 13.8. The zero-order chi connectivity index (χ0) is 32.2. The molecule has 0 radical (unpaired) electrons. The fourth-order valence-corrected chi connectivity index (χ4v) is 7.10. The number of pyridine rings is 1. The van der Waals surface area contributed by atoms with Crippen molar-refractivity contribution < 1.29 is 9.53 Å². The van der Waals surface area contributed by atoms with E-state index in [9.17, 15) is 10.1 Å². The number of aromatic nitrogens is 5. The summed E-state index contributed by atoms with van der Waals surface area (Å²) in [5.41, 5.74) is 3.62. The Kier molecular flexibility index (Phi) is 8.72. The van der Waals surface area contributed by atoms with Gasteiger partial charge in [-0.1, -0.05) is 30.3 Å². The van der Waals surface area contributed by atoms with Crippen LogP contribution in [-0.2, 0) is 18.3 Å². The fraction of sp³-hybridized carbons (Fsp3) is 0.429. The molecule has 47 heavy (non-hydrogen) atoms. The van der Waals surface area contributed by atoms with Crippen LogP contribution in [0.25, 0.3) is 11.1 Å². The number of benzene rings is 1. The molecular formula is C35H40N10O2. The van der Waals surface area contributed by atoms with Crippen molar-refractivity contribution in [1.82, 2.24) is 30.0 Å². The predicted octanol–water partition coefficient (Wildman–Crippen LogP) is 4.90. The van der Waals surface area contributed by atoms with Gasteiger partial charge in [-0.15, -0.1) is 0 Å². The van der Waals surface area contributed by atoms with E-state index in [2.05, 4.69) is 31.7 Å². The van der Waals surface area contributed by atoms with Gasteiger partial charge in [0.1, 0.15) is 17.5 Å². The molecule has 12 nitrogen and oxygen atoms in total. The molecule has 0 bridgehead atoms. The monoisotopic (exact) mass is 632 g/mol. The molecule has 4 aromatic rings. The molecular weight excluding hydrogens is 592 g/mol. The third-order valence-corrected chi connectivity index (χ3v) is 9.75. The largest absolute Gasteiger partial charge is 0.381 e. The van der Waals surface area contributed by atoms with E-state index in [1.54, 1.807) is 17.1 Å². The second-order valence-corrected chi connectivity index (χ2v) is 13.0. The van der Waals surface area contributed by atoms with Crippen molar-refractivity contribution in [1.29, 1.82) is 5.26 Å². The van der Waals surface area contributed by atoms with Gasteiger partial charge < -0.3 is 20.3 Å². The summed E-state index contributed by atoms with van der Waals surface area (Å²) in [6.45, 7) is 3.72. The van der Waals surface area contributed by atoms with Gasteiger partial charge in [-0.2, -0.15) is 15.3 Å². The number of carbonyl (C=O) groups is 1. The average Bonchev–Trinajstić information content (AvgIpc) is 3.87. The third kappa shape index (κ3) is 6.76. The van der Waals surface area contributed by atoms with Gasteiger partial charge in [-0.05, 0) is 56.2 Å². The molecule has 5 heterocycles. The van der Waals surface area contributed by atoms with Gasteiger partial charge in [0, 0.05) is 74.3 Å². The molecule has 7 rings (SSSR count). The van der Waals surface area contributed by atoms with Crippen LogP contribution in [0, 0.1) is 16.7 Å². The number of carbonyl (C=O) groups excluding carboxylic acids is 1. The molecule has 1 saturated carbocycles. The molecule has 12 heteroatoms. The lowest BCUT2D eigenvalue weighted by atomic mass is 9.87. The Morgan fingerprint density at radius 2 is 1.91 bits per heavy atom. The molecule has 2 N–H and O–H groups in total. The number of hydrogen-bond donors (Lipinski definition) is 2. The Morgan fingerprint density at radius 3 is 2.62 bits per heavy atom. The molecule has 1 aromatic carbocycles. The Hall–Kier alpha value is -5.02. The summed E-state index contributed by atoms with van der Waals surface area (Å²) in [5.74, 6) is 1.86. The summed E-state index contributed by atoms with van der Waals surface area (Å²) in [4.78, 5) is 31.9. The number of rotatable bonds is 8. The van der Waals surface area contributed by atoms with Crippen molar-refractivity contribution in [2.45, 2.75) is 57.2 Å². The molecule has 2 saturated heterocycles. The van der Waals surface area contributed by atoms with Crippen LogP contribution >= 0.6 is 0 Å². The zero-order valence-corrected chi connectivity index (χ0v) is 26.7. The molecule has 1 spiro atoms. The van der Waals surface area contributed by atoms with Crippen molar-refractivity contribution in [2.24, 2.45) is 12.5 Å². The van der Waals surface area contributed by atoms with Crippen molar-refractivity contribution in [3.63, 3.8) is 0 Å². The number of aryl methyl sites for hydroxylation is 1. The fourth-order valence-electron chi connectivity index (χ4n) is 7.10. The molecule has 242 valence electrons. The summed E-state index contributed by atoms with van der Waals surface area (Å²) in [5, 5.41) is 20.7. The van der Waals surface area contributed by atoms with Crippen LogP contribution in [0.2, 0.25) is 0 Å². The standard InChI is InChI=1S/C35H40N10O2/c1-43-22-28(21-40-43)26-7-12-31(37-19-26)45(34(46)39-18-25-5-3-2-4-6-25)30-10-8-29(9-11-30)41-33-38-20-27(17-36)32(42-33)44-15-13-35(23-44)14-16-47-24-35/h2-7,12,19-22,29-30H,8-11,13-16,18,23-24H2,1H3,(H,39,46)(H,38,41,42). The maximum Gasteiger partial charge on any atom is 0.323 e. The van der Waals surface area contributed by atoms with Gasteiger partial charge in [0.25, 0.3) is 0 Å². The molecule has 1 aliphatic carbocycles. The number of urea groups is 1. The lowest BCUT2D eigenvalue weighted by Crippen LogP contribution is -2.49. The van der Waals surface area contributed by atoms with Crippen LogP contribution in [0.3, 0.4) is 0 Å². The van der Waals surface area contributed by atoms with Gasteiger partial charge in [-0.25, -0.2) is 14.8 Å². The summed E-state index contributed by atoms with van der Waals surface area (Å²) >= 11 is 0. The highest BCUT2D eigenvalue weighted by Crippen LogP contribution is 2.40. The molecule has 1 unspecified atom stereocenters. The van der Waals surface area contributed by atoms with E-state index < -0.39 is 0 Å². The topological polar surface area (TPSA) is 137 Å². The van der Waals surface area contributed by atoms with Crippen molar-refractivity contribution in [3.05, 3.63) is 78.4 Å². The van der Waals surface area contributed by atoms with E-state index in [1.807, 2.05) is 66.8 Å². The van der Waals surface area contributed by atoms with Crippen molar-refractivity contribution in [3.8, 4) is 17.2 Å². The number of ether oxygens (including phenoxy) is 1. The Morgan fingerprint density at radius 1 is 1.06 bits per heavy atom. The van der Waals surface area contributed by atoms with Gasteiger partial charge in [0.15, 0.2) is 5.82 Å². The average molecular weight is 633 g/mol. The first-order valence-electron chi connectivity index (χ1n) is 16.4. The van der Waals surface area contributed by atoms with E-state index in [0.717, 1.165) is 81.5 Å². The normalized spacial score (nSPS) is 22.3. The first-order chi connectivity index (χ1) is 23.0. The van der Waals surface area contributed by atoms with Crippen LogP contribution in [0.4, 0.5) is 22.4 Å². The van der Waals surface area contributed by atoms with Crippen LogP contribution < -0.4 is 20.4 Å². The lowest BCUT2D eigenvalue weighted by molar-refractivity contribution is 0.160. The minimum atomic E-state index is -0.164. The maximum absolute atomic E-state index is 13.8. The van der Waals surface area contributed by atoms with E-state index >= 15 is 0 Å². The Bertz CT molecular complexity index is 1720. The number of nitriles is 1. The number of nitrogens with one attached hydrogen (secondary N) is 2. The van der Waals surface area contributed by atoms with Crippen LogP contribution in [0.1, 0.15) is 49.7 Å². The Labute approximate surface area is 274 Å². The van der Waals surface area contributed by atoms with Gasteiger partial charge >= 0.3 is 6.03 Å². The highest BCUT2D eigenvalue weighted by atomic mass is 16.5. The molecule has 3 fully saturated rings. The third-order valence-electron chi connectivity index (χ3n) is 9.75. The number of anilines is 3. The van der Waals surface area contributed by atoms with E-state index in [-0.39, 0.29) is 23.5 Å². The smallest absolute Gasteiger partial charge is 0.323 e. The van der Waals surface area contributed by atoms with Crippen molar-refractivity contribution in [2.75, 3.05) is 41.4 Å². The summed E-state index contributed by atoms with van der Waals surface area (Å²) in [7, 11) is 1.89. The van der Waals surface area contributed by atoms with E-state index in [1.165, 1.54) is 0 Å².